The standard InChI is InChI=1S/C19H19N3O3S2/c1-22-17(23)11-16(18(22)24)27-13-9-7-12(8-10-13)20-19(26)21-14-5-3-4-6-15(14)25-2/h3-10,16H,11H2,1-2H3,(H2,20,21,26). The Morgan fingerprint density at radius 3 is 2.48 bits per heavy atom. The van der Waals surface area contributed by atoms with E-state index in [1.165, 1.54) is 23.7 Å². The van der Waals surface area contributed by atoms with Gasteiger partial charge in [-0.05, 0) is 48.6 Å². The summed E-state index contributed by atoms with van der Waals surface area (Å²) >= 11 is 6.74. The van der Waals surface area contributed by atoms with Crippen molar-refractivity contribution in [2.75, 3.05) is 24.8 Å². The SMILES string of the molecule is COc1ccccc1NC(=S)Nc1ccc(SC2CC(=O)N(C)C2=O)cc1. The van der Waals surface area contributed by atoms with Crippen molar-refractivity contribution < 1.29 is 14.3 Å². The van der Waals surface area contributed by atoms with Gasteiger partial charge in [-0.25, -0.2) is 0 Å². The van der Waals surface area contributed by atoms with Gasteiger partial charge in [-0.2, -0.15) is 0 Å². The van der Waals surface area contributed by atoms with Crippen molar-refractivity contribution in [2.45, 2.75) is 16.6 Å². The Balaban J connectivity index is 1.58. The molecule has 1 aliphatic rings. The van der Waals surface area contributed by atoms with Crippen LogP contribution in [-0.4, -0.2) is 41.2 Å². The second-order valence-corrected chi connectivity index (χ2v) is 7.59. The molecule has 1 heterocycles. The highest BCUT2D eigenvalue weighted by atomic mass is 32.2. The van der Waals surface area contributed by atoms with E-state index in [1.54, 1.807) is 7.11 Å². The molecular formula is C19H19N3O3S2. The lowest BCUT2D eigenvalue weighted by molar-refractivity contribution is -0.136. The van der Waals surface area contributed by atoms with Gasteiger partial charge in [0.25, 0.3) is 0 Å². The molecule has 1 atom stereocenters. The summed E-state index contributed by atoms with van der Waals surface area (Å²) in [5.41, 5.74) is 1.59. The molecule has 2 amide bonds. The number of benzene rings is 2. The average molecular weight is 402 g/mol. The van der Waals surface area contributed by atoms with Crippen molar-refractivity contribution in [3.8, 4) is 5.75 Å². The first kappa shape index (κ1) is 19.2. The Morgan fingerprint density at radius 2 is 1.85 bits per heavy atom. The number of anilines is 2. The maximum atomic E-state index is 12.0. The number of thiocarbonyl (C=S) groups is 1. The summed E-state index contributed by atoms with van der Waals surface area (Å²) in [7, 11) is 3.13. The van der Waals surface area contributed by atoms with Gasteiger partial charge in [-0.15, -0.1) is 11.8 Å². The number of para-hydroxylation sites is 2. The third-order valence-electron chi connectivity index (χ3n) is 4.09. The van der Waals surface area contributed by atoms with Crippen molar-refractivity contribution in [1.29, 1.82) is 0 Å². The van der Waals surface area contributed by atoms with Crippen LogP contribution in [0.15, 0.2) is 53.4 Å². The van der Waals surface area contributed by atoms with Crippen LogP contribution in [0, 0.1) is 0 Å². The minimum atomic E-state index is -0.352. The van der Waals surface area contributed by atoms with Gasteiger partial charge >= 0.3 is 0 Å². The van der Waals surface area contributed by atoms with Crippen molar-refractivity contribution in [1.82, 2.24) is 4.90 Å². The maximum absolute atomic E-state index is 12.0. The molecule has 0 saturated carbocycles. The number of rotatable bonds is 5. The van der Waals surface area contributed by atoms with Crippen molar-refractivity contribution in [3.63, 3.8) is 0 Å². The monoisotopic (exact) mass is 401 g/mol. The highest BCUT2D eigenvalue weighted by molar-refractivity contribution is 8.00. The third-order valence-corrected chi connectivity index (χ3v) is 5.49. The van der Waals surface area contributed by atoms with E-state index in [2.05, 4.69) is 10.6 Å². The fraction of sp³-hybridized carbons (Fsp3) is 0.211. The molecule has 0 bridgehead atoms. The molecule has 1 unspecified atom stereocenters. The molecule has 27 heavy (non-hydrogen) atoms. The predicted molar refractivity (Wildman–Crippen MR) is 111 cm³/mol. The summed E-state index contributed by atoms with van der Waals surface area (Å²) in [4.78, 5) is 25.7. The number of imide groups is 1. The number of nitrogens with zero attached hydrogens (tertiary/aromatic N) is 1. The number of methoxy groups -OCH3 is 1. The minimum absolute atomic E-state index is 0.136. The molecule has 1 aliphatic heterocycles. The van der Waals surface area contributed by atoms with Crippen molar-refractivity contribution in [2.24, 2.45) is 0 Å². The van der Waals surface area contributed by atoms with Gasteiger partial charge in [0.05, 0.1) is 18.0 Å². The Kier molecular flexibility index (Phi) is 5.98. The van der Waals surface area contributed by atoms with Gasteiger partial charge in [0.15, 0.2) is 5.11 Å². The number of ether oxygens (including phenoxy) is 1. The summed E-state index contributed by atoms with van der Waals surface area (Å²) in [6.45, 7) is 0. The fourth-order valence-electron chi connectivity index (χ4n) is 2.63. The smallest absolute Gasteiger partial charge is 0.242 e. The van der Waals surface area contributed by atoms with E-state index >= 15 is 0 Å². The zero-order valence-corrected chi connectivity index (χ0v) is 16.5. The Hall–Kier alpha value is -2.58. The van der Waals surface area contributed by atoms with Crippen LogP contribution in [0.25, 0.3) is 0 Å². The molecule has 6 nitrogen and oxygen atoms in total. The lowest BCUT2D eigenvalue weighted by Gasteiger charge is -2.14. The van der Waals surface area contributed by atoms with Crippen molar-refractivity contribution in [3.05, 3.63) is 48.5 Å². The zero-order chi connectivity index (χ0) is 19.4. The van der Waals surface area contributed by atoms with Gasteiger partial charge in [-0.3, -0.25) is 14.5 Å². The molecule has 0 spiro atoms. The van der Waals surface area contributed by atoms with E-state index in [-0.39, 0.29) is 23.5 Å². The average Bonchev–Trinajstić information content (AvgIpc) is 2.90. The van der Waals surface area contributed by atoms with Crippen LogP contribution < -0.4 is 15.4 Å². The van der Waals surface area contributed by atoms with Crippen LogP contribution in [0.5, 0.6) is 5.75 Å². The van der Waals surface area contributed by atoms with Crippen molar-refractivity contribution >= 4 is 52.3 Å². The largest absolute Gasteiger partial charge is 0.495 e. The van der Waals surface area contributed by atoms with Crippen LogP contribution in [0.1, 0.15) is 6.42 Å². The Labute approximate surface area is 167 Å². The Bertz CT molecular complexity index is 871. The van der Waals surface area contributed by atoms with E-state index in [0.717, 1.165) is 16.3 Å². The Morgan fingerprint density at radius 1 is 1.15 bits per heavy atom. The molecular weight excluding hydrogens is 382 g/mol. The topological polar surface area (TPSA) is 70.7 Å². The highest BCUT2D eigenvalue weighted by Crippen LogP contribution is 2.31. The van der Waals surface area contributed by atoms with E-state index in [0.29, 0.717) is 10.9 Å². The summed E-state index contributed by atoms with van der Waals surface area (Å²) in [5.74, 6) is 0.423. The van der Waals surface area contributed by atoms with E-state index in [4.69, 9.17) is 17.0 Å². The van der Waals surface area contributed by atoms with Crippen LogP contribution in [0.3, 0.4) is 0 Å². The second kappa shape index (κ2) is 8.41. The summed E-state index contributed by atoms with van der Waals surface area (Å²) in [6, 6.07) is 15.1. The predicted octanol–water partition coefficient (Wildman–Crippen LogP) is 3.35. The van der Waals surface area contributed by atoms with E-state index in [9.17, 15) is 9.59 Å². The van der Waals surface area contributed by atoms with Gasteiger partial charge in [-0.1, -0.05) is 12.1 Å². The van der Waals surface area contributed by atoms with Gasteiger partial charge in [0.1, 0.15) is 5.75 Å². The summed E-state index contributed by atoms with van der Waals surface area (Å²) in [6.07, 6.45) is 0.243. The molecule has 8 heteroatoms. The fourth-order valence-corrected chi connectivity index (χ4v) is 3.96. The molecule has 2 aromatic rings. The highest BCUT2D eigenvalue weighted by Gasteiger charge is 2.36. The lowest BCUT2D eigenvalue weighted by Crippen LogP contribution is -2.26. The number of likely N-dealkylation sites (tertiary alicyclic amines) is 1. The molecule has 0 aromatic heterocycles. The first-order valence-electron chi connectivity index (χ1n) is 8.26. The molecule has 1 saturated heterocycles. The molecule has 0 aliphatic carbocycles. The molecule has 2 aromatic carbocycles. The van der Waals surface area contributed by atoms with Gasteiger partial charge in [0.2, 0.25) is 11.8 Å². The van der Waals surface area contributed by atoms with Crippen LogP contribution in [0.4, 0.5) is 11.4 Å². The molecule has 2 N–H and O–H groups in total. The maximum Gasteiger partial charge on any atom is 0.242 e. The normalized spacial score (nSPS) is 16.4. The molecule has 140 valence electrons. The number of carbonyl (C=O) groups excluding carboxylic acids is 2. The number of carbonyl (C=O) groups is 2. The molecule has 3 rings (SSSR count). The summed E-state index contributed by atoms with van der Waals surface area (Å²) < 4.78 is 5.29. The van der Waals surface area contributed by atoms with Crippen LogP contribution in [-0.2, 0) is 9.59 Å². The van der Waals surface area contributed by atoms with Crippen LogP contribution >= 0.6 is 24.0 Å². The number of amides is 2. The first-order valence-corrected chi connectivity index (χ1v) is 9.55. The van der Waals surface area contributed by atoms with Crippen LogP contribution in [0.2, 0.25) is 0 Å². The minimum Gasteiger partial charge on any atom is -0.495 e. The summed E-state index contributed by atoms with van der Waals surface area (Å²) in [5, 5.41) is 6.30. The van der Waals surface area contributed by atoms with Gasteiger partial charge < -0.3 is 15.4 Å². The quantitative estimate of drug-likeness (QED) is 0.588. The van der Waals surface area contributed by atoms with Gasteiger partial charge in [0, 0.05) is 24.1 Å². The first-order chi connectivity index (χ1) is 13.0. The van der Waals surface area contributed by atoms with E-state index < -0.39 is 0 Å². The number of thioether (sulfide) groups is 1. The lowest BCUT2D eigenvalue weighted by atomic mass is 10.3. The molecule has 0 radical (unpaired) electrons. The third kappa shape index (κ3) is 4.58. The molecule has 1 fully saturated rings. The second-order valence-electron chi connectivity index (χ2n) is 5.91. The number of hydrogen-bond donors (Lipinski definition) is 2. The number of nitrogens with one attached hydrogen (secondary N) is 2. The zero-order valence-electron chi connectivity index (χ0n) is 14.9. The number of hydrogen-bond acceptors (Lipinski definition) is 5. The van der Waals surface area contributed by atoms with E-state index in [1.807, 2.05) is 48.5 Å².